The van der Waals surface area contributed by atoms with Crippen molar-refractivity contribution in [3.63, 3.8) is 0 Å². The second kappa shape index (κ2) is 12.3. The average molecular weight is 618 g/mol. The number of nitrogens with one attached hydrogen (secondary N) is 1. The first kappa shape index (κ1) is 30.8. The molecule has 12 heteroatoms. The van der Waals surface area contributed by atoms with Gasteiger partial charge >= 0.3 is 6.09 Å². The van der Waals surface area contributed by atoms with Crippen LogP contribution in [0.25, 0.3) is 5.65 Å². The van der Waals surface area contributed by atoms with Gasteiger partial charge in [-0.2, -0.15) is 5.10 Å². The number of anilines is 1. The van der Waals surface area contributed by atoms with Crippen molar-refractivity contribution in [2.45, 2.75) is 90.6 Å². The summed E-state index contributed by atoms with van der Waals surface area (Å²) in [5, 5.41) is 7.21. The minimum absolute atomic E-state index is 0.0118. The Kier molecular flexibility index (Phi) is 8.43. The molecule has 1 aliphatic carbocycles. The molecule has 4 heterocycles. The lowest BCUT2D eigenvalue weighted by Gasteiger charge is -2.43. The number of ether oxygens (including phenoxy) is 2. The van der Waals surface area contributed by atoms with Gasteiger partial charge in [-0.05, 0) is 84.1 Å². The number of rotatable bonds is 6. The third-order valence-corrected chi connectivity index (χ3v) is 8.76. The van der Waals surface area contributed by atoms with Gasteiger partial charge in [-0.25, -0.2) is 14.3 Å². The summed E-state index contributed by atoms with van der Waals surface area (Å²) in [6, 6.07) is 6.00. The molecular formula is C33H43N7O5. The Balaban J connectivity index is 1.09. The lowest BCUT2D eigenvalue weighted by atomic mass is 9.89. The maximum absolute atomic E-state index is 13.7. The monoisotopic (exact) mass is 617 g/mol. The highest BCUT2D eigenvalue weighted by Crippen LogP contribution is 2.38. The maximum atomic E-state index is 13.7. The van der Waals surface area contributed by atoms with Crippen molar-refractivity contribution < 1.29 is 23.9 Å². The van der Waals surface area contributed by atoms with Crippen LogP contribution < -0.4 is 10.1 Å². The smallest absolute Gasteiger partial charge is 0.410 e. The Morgan fingerprint density at radius 1 is 1.02 bits per heavy atom. The minimum Gasteiger partial charge on any atom is -0.489 e. The van der Waals surface area contributed by atoms with E-state index in [2.05, 4.69) is 20.3 Å². The van der Waals surface area contributed by atoms with Gasteiger partial charge in [-0.15, -0.1) is 0 Å². The molecule has 240 valence electrons. The molecule has 0 atom stereocenters. The van der Waals surface area contributed by atoms with Crippen molar-refractivity contribution in [1.82, 2.24) is 29.3 Å². The molecule has 12 nitrogen and oxygen atoms in total. The van der Waals surface area contributed by atoms with E-state index in [-0.39, 0.29) is 30.1 Å². The lowest BCUT2D eigenvalue weighted by Crippen LogP contribution is -2.54. The van der Waals surface area contributed by atoms with E-state index < -0.39 is 5.60 Å². The molecule has 2 fully saturated rings. The van der Waals surface area contributed by atoms with E-state index in [0.717, 1.165) is 44.3 Å². The zero-order valence-corrected chi connectivity index (χ0v) is 26.8. The zero-order chi connectivity index (χ0) is 31.9. The number of nitrogens with zero attached hydrogens (tertiary/aromatic N) is 6. The molecule has 0 spiro atoms. The molecule has 2 aromatic heterocycles. The summed E-state index contributed by atoms with van der Waals surface area (Å²) < 4.78 is 13.2. The number of aromatic nitrogens is 3. The van der Waals surface area contributed by atoms with Crippen molar-refractivity contribution in [3.05, 3.63) is 53.5 Å². The van der Waals surface area contributed by atoms with E-state index in [1.54, 1.807) is 33.9 Å². The van der Waals surface area contributed by atoms with Crippen molar-refractivity contribution in [2.75, 3.05) is 31.5 Å². The van der Waals surface area contributed by atoms with Crippen molar-refractivity contribution in [3.8, 4) is 5.75 Å². The Hall–Kier alpha value is -4.19. The normalized spacial score (nSPS) is 20.9. The predicted octanol–water partition coefficient (Wildman–Crippen LogP) is 4.59. The van der Waals surface area contributed by atoms with Crippen LogP contribution in [0.15, 0.2) is 36.8 Å². The van der Waals surface area contributed by atoms with Crippen LogP contribution in [0.4, 0.5) is 10.5 Å². The largest absolute Gasteiger partial charge is 0.489 e. The van der Waals surface area contributed by atoms with Gasteiger partial charge in [0, 0.05) is 62.8 Å². The third kappa shape index (κ3) is 6.61. The minimum atomic E-state index is -0.495. The molecule has 1 N–H and O–H groups in total. The predicted molar refractivity (Wildman–Crippen MR) is 168 cm³/mol. The molecule has 3 amide bonds. The number of hydrogen-bond donors (Lipinski definition) is 1. The molecule has 1 saturated heterocycles. The molecule has 1 saturated carbocycles. The Morgan fingerprint density at radius 3 is 2.42 bits per heavy atom. The third-order valence-electron chi connectivity index (χ3n) is 8.76. The lowest BCUT2D eigenvalue weighted by molar-refractivity contribution is 0.00613. The first-order valence-electron chi connectivity index (χ1n) is 15.9. The zero-order valence-electron chi connectivity index (χ0n) is 26.8. The summed E-state index contributed by atoms with van der Waals surface area (Å²) in [5.41, 5.74) is 2.35. The fraction of sp³-hybridized carbons (Fsp3) is 0.545. The highest BCUT2D eigenvalue weighted by atomic mass is 16.6. The van der Waals surface area contributed by atoms with Gasteiger partial charge in [0.1, 0.15) is 16.9 Å². The molecule has 0 radical (unpaired) electrons. The van der Waals surface area contributed by atoms with E-state index in [4.69, 9.17) is 9.47 Å². The highest BCUT2D eigenvalue weighted by molar-refractivity contribution is 6.09. The molecule has 2 aliphatic heterocycles. The van der Waals surface area contributed by atoms with Crippen LogP contribution in [0.1, 0.15) is 86.6 Å². The number of carbonyl (C=O) groups is 3. The van der Waals surface area contributed by atoms with Gasteiger partial charge in [0.25, 0.3) is 11.8 Å². The molecule has 45 heavy (non-hydrogen) atoms. The average Bonchev–Trinajstić information content (AvgIpc) is 3.57. The topological polar surface area (TPSA) is 122 Å². The van der Waals surface area contributed by atoms with E-state index in [0.29, 0.717) is 53.9 Å². The number of piperazine rings is 1. The van der Waals surface area contributed by atoms with Gasteiger partial charge in [-0.1, -0.05) is 0 Å². The van der Waals surface area contributed by atoms with Crippen LogP contribution in [0, 0.1) is 0 Å². The van der Waals surface area contributed by atoms with E-state index in [9.17, 15) is 14.4 Å². The Morgan fingerprint density at radius 2 is 1.73 bits per heavy atom. The molecular weight excluding hydrogens is 574 g/mol. The fourth-order valence-electron chi connectivity index (χ4n) is 6.62. The molecule has 3 aromatic rings. The number of fused-ring (bicyclic) bond motifs is 2. The summed E-state index contributed by atoms with van der Waals surface area (Å²) in [6.45, 7) is 13.0. The summed E-state index contributed by atoms with van der Waals surface area (Å²) in [6.07, 6.45) is 8.34. The summed E-state index contributed by atoms with van der Waals surface area (Å²) in [4.78, 5) is 50.0. The second-order valence-electron chi connectivity index (χ2n) is 13.5. The fourth-order valence-corrected chi connectivity index (χ4v) is 6.62. The maximum Gasteiger partial charge on any atom is 0.410 e. The Bertz CT molecular complexity index is 1580. The molecule has 1 aromatic carbocycles. The van der Waals surface area contributed by atoms with E-state index >= 15 is 0 Å². The second-order valence-corrected chi connectivity index (χ2v) is 13.5. The molecule has 6 rings (SSSR count). The van der Waals surface area contributed by atoms with E-state index in [1.165, 1.54) is 6.20 Å². The van der Waals surface area contributed by atoms with E-state index in [1.807, 2.05) is 45.6 Å². The number of hydrogen-bond acceptors (Lipinski definition) is 8. The standard InChI is InChI=1S/C33H43N7O5/c1-21(2)44-28-18-25-22(17-27(28)36-30(41)26-19-35-40-12-6-11-34-29(26)40)20-39(31(25)42)24-9-7-23(8-10-24)37-13-15-38(16-14-37)32(43)45-33(3,4)5/h6,11-12,17-19,21,23-24H,7-10,13-16,20H2,1-5H3,(H,36,41)/t23-,24-. The van der Waals surface area contributed by atoms with Crippen LogP contribution >= 0.6 is 0 Å². The van der Waals surface area contributed by atoms with Crippen LogP contribution in [-0.2, 0) is 11.3 Å². The van der Waals surface area contributed by atoms with Crippen LogP contribution in [0.5, 0.6) is 5.75 Å². The quantitative estimate of drug-likeness (QED) is 0.427. The van der Waals surface area contributed by atoms with Crippen molar-refractivity contribution >= 4 is 29.2 Å². The first-order valence-corrected chi connectivity index (χ1v) is 15.9. The molecule has 3 aliphatic rings. The molecule has 0 unspecified atom stereocenters. The summed E-state index contributed by atoms with van der Waals surface area (Å²) in [5.74, 6) is 0.132. The van der Waals surface area contributed by atoms with Crippen molar-refractivity contribution in [2.24, 2.45) is 0 Å². The van der Waals surface area contributed by atoms with Crippen LogP contribution in [-0.4, -0.2) is 97.2 Å². The van der Waals surface area contributed by atoms with Gasteiger partial charge in [0.05, 0.1) is 18.0 Å². The summed E-state index contributed by atoms with van der Waals surface area (Å²) in [7, 11) is 0. The highest BCUT2D eigenvalue weighted by Gasteiger charge is 2.38. The van der Waals surface area contributed by atoms with Crippen molar-refractivity contribution in [1.29, 1.82) is 0 Å². The van der Waals surface area contributed by atoms with Gasteiger partial charge in [0.2, 0.25) is 0 Å². The molecule has 0 bridgehead atoms. The van der Waals surface area contributed by atoms with Crippen LogP contribution in [0.2, 0.25) is 0 Å². The summed E-state index contributed by atoms with van der Waals surface area (Å²) >= 11 is 0. The number of amides is 3. The Labute approximate surface area is 263 Å². The van der Waals surface area contributed by atoms with Gasteiger partial charge in [0.15, 0.2) is 5.65 Å². The van der Waals surface area contributed by atoms with Gasteiger partial charge in [-0.3, -0.25) is 14.5 Å². The van der Waals surface area contributed by atoms with Gasteiger partial charge < -0.3 is 24.6 Å². The van der Waals surface area contributed by atoms with Crippen LogP contribution in [0.3, 0.4) is 0 Å². The number of carbonyl (C=O) groups excluding carboxylic acids is 3. The first-order chi connectivity index (χ1) is 21.5. The SMILES string of the molecule is CC(C)Oc1cc2c(cc1NC(=O)c1cnn3cccnc13)CN([C@H]1CC[C@H](N3CCN(C(=O)OC(C)(C)C)CC3)CC1)C2=O. The number of benzene rings is 1.